The average Bonchev–Trinajstić information content (AvgIpc) is 3.31. The Morgan fingerprint density at radius 1 is 1.22 bits per heavy atom. The van der Waals surface area contributed by atoms with Gasteiger partial charge in [-0.3, -0.25) is 4.99 Å². The molecule has 126 valence electrons. The third-order valence-electron chi connectivity index (χ3n) is 4.78. The summed E-state index contributed by atoms with van der Waals surface area (Å²) in [4.78, 5) is 6.98. The molecule has 1 atom stereocenters. The number of hydrogen-bond acceptors (Lipinski definition) is 2. The summed E-state index contributed by atoms with van der Waals surface area (Å²) in [5.74, 6) is 1.66. The Balaban J connectivity index is 1.34. The van der Waals surface area contributed by atoms with Gasteiger partial charge in [0.2, 0.25) is 0 Å². The van der Waals surface area contributed by atoms with Gasteiger partial charge in [0.25, 0.3) is 0 Å². The largest absolute Gasteiger partial charge is 0.356 e. The molecule has 0 radical (unpaired) electrons. The number of nitrogens with one attached hydrogen (secondary N) is 2. The van der Waals surface area contributed by atoms with Gasteiger partial charge in [-0.1, -0.05) is 23.7 Å². The second kappa shape index (κ2) is 8.02. The van der Waals surface area contributed by atoms with Crippen molar-refractivity contribution in [2.24, 2.45) is 10.9 Å². The summed E-state index contributed by atoms with van der Waals surface area (Å²) in [5, 5.41) is 7.66. The molecule has 1 aromatic rings. The number of nitrogens with zero attached hydrogens (tertiary/aromatic N) is 2. The molecular weight excluding hydrogens is 308 g/mol. The number of halogens is 1. The van der Waals surface area contributed by atoms with Crippen molar-refractivity contribution in [3.05, 3.63) is 34.9 Å². The standard InChI is InChI=1S/C18H27ClN4/c1-20-18(21-10-8-14-2-4-16(19)5-3-14)22-12-15-9-11-23(13-15)17-6-7-17/h2-5,15,17H,6-13H2,1H3,(H2,20,21,22). The van der Waals surface area contributed by atoms with Crippen LogP contribution in [-0.4, -0.2) is 50.1 Å². The molecule has 4 nitrogen and oxygen atoms in total. The van der Waals surface area contributed by atoms with Gasteiger partial charge in [0.15, 0.2) is 5.96 Å². The molecule has 2 N–H and O–H groups in total. The van der Waals surface area contributed by atoms with E-state index < -0.39 is 0 Å². The molecule has 1 saturated heterocycles. The van der Waals surface area contributed by atoms with E-state index in [4.69, 9.17) is 11.6 Å². The smallest absolute Gasteiger partial charge is 0.190 e. The van der Waals surface area contributed by atoms with Gasteiger partial charge in [0.1, 0.15) is 0 Å². The monoisotopic (exact) mass is 334 g/mol. The van der Waals surface area contributed by atoms with Gasteiger partial charge in [-0.25, -0.2) is 0 Å². The second-order valence-electron chi connectivity index (χ2n) is 6.64. The quantitative estimate of drug-likeness (QED) is 0.620. The minimum absolute atomic E-state index is 0.755. The van der Waals surface area contributed by atoms with Crippen LogP contribution in [0.15, 0.2) is 29.3 Å². The highest BCUT2D eigenvalue weighted by atomic mass is 35.5. The van der Waals surface area contributed by atoms with Crippen LogP contribution in [0.1, 0.15) is 24.8 Å². The Bertz CT molecular complexity index is 524. The number of benzene rings is 1. The predicted octanol–water partition coefficient (Wildman–Crippen LogP) is 2.53. The first kappa shape index (κ1) is 16.6. The lowest BCUT2D eigenvalue weighted by Crippen LogP contribution is -2.41. The molecule has 1 heterocycles. The fourth-order valence-corrected chi connectivity index (χ4v) is 3.36. The lowest BCUT2D eigenvalue weighted by atomic mass is 10.1. The molecule has 1 aliphatic heterocycles. The van der Waals surface area contributed by atoms with E-state index in [1.165, 1.54) is 37.9 Å². The minimum Gasteiger partial charge on any atom is -0.356 e. The topological polar surface area (TPSA) is 39.7 Å². The van der Waals surface area contributed by atoms with Crippen molar-refractivity contribution in [3.8, 4) is 0 Å². The van der Waals surface area contributed by atoms with Crippen molar-refractivity contribution < 1.29 is 0 Å². The first-order valence-electron chi connectivity index (χ1n) is 8.67. The van der Waals surface area contributed by atoms with Crippen molar-refractivity contribution in [2.75, 3.05) is 33.2 Å². The zero-order valence-corrected chi connectivity index (χ0v) is 14.6. The van der Waals surface area contributed by atoms with E-state index >= 15 is 0 Å². The molecule has 0 spiro atoms. The lowest BCUT2D eigenvalue weighted by Gasteiger charge is -2.17. The van der Waals surface area contributed by atoms with Gasteiger partial charge >= 0.3 is 0 Å². The molecule has 1 aromatic carbocycles. The Morgan fingerprint density at radius 3 is 2.70 bits per heavy atom. The van der Waals surface area contributed by atoms with Crippen LogP contribution >= 0.6 is 11.6 Å². The first-order chi connectivity index (χ1) is 11.2. The van der Waals surface area contributed by atoms with Crippen molar-refractivity contribution in [3.63, 3.8) is 0 Å². The van der Waals surface area contributed by atoms with Gasteiger partial charge < -0.3 is 15.5 Å². The number of aliphatic imine (C=N–C) groups is 1. The van der Waals surface area contributed by atoms with E-state index in [9.17, 15) is 0 Å². The van der Waals surface area contributed by atoms with Crippen LogP contribution in [0.4, 0.5) is 0 Å². The van der Waals surface area contributed by atoms with E-state index in [0.29, 0.717) is 0 Å². The van der Waals surface area contributed by atoms with Crippen molar-refractivity contribution in [1.29, 1.82) is 0 Å². The highest BCUT2D eigenvalue weighted by molar-refractivity contribution is 6.30. The average molecular weight is 335 g/mol. The van der Waals surface area contributed by atoms with Crippen molar-refractivity contribution >= 4 is 17.6 Å². The Morgan fingerprint density at radius 2 is 2.00 bits per heavy atom. The van der Waals surface area contributed by atoms with E-state index in [-0.39, 0.29) is 0 Å². The van der Waals surface area contributed by atoms with Gasteiger partial charge in [0, 0.05) is 37.7 Å². The third-order valence-corrected chi connectivity index (χ3v) is 5.03. The fraction of sp³-hybridized carbons (Fsp3) is 0.611. The maximum atomic E-state index is 5.91. The highest BCUT2D eigenvalue weighted by Crippen LogP contribution is 2.31. The summed E-state index contributed by atoms with van der Waals surface area (Å²) in [6.07, 6.45) is 5.10. The lowest BCUT2D eigenvalue weighted by molar-refractivity contribution is 0.314. The second-order valence-corrected chi connectivity index (χ2v) is 7.07. The summed E-state index contributed by atoms with van der Waals surface area (Å²) in [5.41, 5.74) is 1.29. The molecule has 1 unspecified atom stereocenters. The maximum absolute atomic E-state index is 5.91. The van der Waals surface area contributed by atoms with Crippen LogP contribution in [-0.2, 0) is 6.42 Å². The number of hydrogen-bond donors (Lipinski definition) is 2. The number of likely N-dealkylation sites (tertiary alicyclic amines) is 1. The summed E-state index contributed by atoms with van der Waals surface area (Å²) in [7, 11) is 1.84. The summed E-state index contributed by atoms with van der Waals surface area (Å²) in [6.45, 7) is 4.42. The van der Waals surface area contributed by atoms with Gasteiger partial charge in [0.05, 0.1) is 0 Å². The van der Waals surface area contributed by atoms with Crippen LogP contribution in [0.5, 0.6) is 0 Å². The minimum atomic E-state index is 0.755. The SMILES string of the molecule is CN=C(NCCc1ccc(Cl)cc1)NCC1CCN(C2CC2)C1. The Hall–Kier alpha value is -1.26. The van der Waals surface area contributed by atoms with Crippen LogP contribution < -0.4 is 10.6 Å². The number of guanidine groups is 1. The van der Waals surface area contributed by atoms with Gasteiger partial charge in [-0.05, 0) is 55.8 Å². The zero-order valence-electron chi connectivity index (χ0n) is 13.9. The molecule has 2 fully saturated rings. The molecule has 1 saturated carbocycles. The van der Waals surface area contributed by atoms with Crippen molar-refractivity contribution in [2.45, 2.75) is 31.7 Å². The van der Waals surface area contributed by atoms with Crippen LogP contribution in [0.25, 0.3) is 0 Å². The summed E-state index contributed by atoms with van der Waals surface area (Å²) < 4.78 is 0. The molecule has 2 aliphatic rings. The molecular formula is C18H27ClN4. The predicted molar refractivity (Wildman–Crippen MR) is 97.2 cm³/mol. The third kappa shape index (κ3) is 5.11. The molecule has 0 amide bonds. The van der Waals surface area contributed by atoms with Crippen molar-refractivity contribution in [1.82, 2.24) is 15.5 Å². The van der Waals surface area contributed by atoms with E-state index in [1.54, 1.807) is 0 Å². The van der Waals surface area contributed by atoms with Crippen LogP contribution in [0.2, 0.25) is 5.02 Å². The molecule has 3 rings (SSSR count). The summed E-state index contributed by atoms with van der Waals surface area (Å²) >= 11 is 5.91. The molecule has 5 heteroatoms. The van der Waals surface area contributed by atoms with Crippen LogP contribution in [0.3, 0.4) is 0 Å². The molecule has 0 aromatic heterocycles. The highest BCUT2D eigenvalue weighted by Gasteiger charge is 2.34. The molecule has 0 bridgehead atoms. The molecule has 23 heavy (non-hydrogen) atoms. The normalized spacial score (nSPS) is 22.3. The van der Waals surface area contributed by atoms with E-state index in [1.807, 2.05) is 19.2 Å². The van der Waals surface area contributed by atoms with Crippen LogP contribution in [0, 0.1) is 5.92 Å². The molecule has 1 aliphatic carbocycles. The van der Waals surface area contributed by atoms with Gasteiger partial charge in [-0.2, -0.15) is 0 Å². The maximum Gasteiger partial charge on any atom is 0.190 e. The Labute approximate surface area is 144 Å². The fourth-order valence-electron chi connectivity index (χ4n) is 3.24. The Kier molecular flexibility index (Phi) is 5.79. The first-order valence-corrected chi connectivity index (χ1v) is 9.05. The number of rotatable bonds is 6. The van der Waals surface area contributed by atoms with E-state index in [0.717, 1.165) is 42.5 Å². The summed E-state index contributed by atoms with van der Waals surface area (Å²) in [6, 6.07) is 8.93. The van der Waals surface area contributed by atoms with Gasteiger partial charge in [-0.15, -0.1) is 0 Å². The zero-order chi connectivity index (χ0) is 16.1. The van der Waals surface area contributed by atoms with E-state index in [2.05, 4.69) is 32.7 Å².